The zero-order valence-corrected chi connectivity index (χ0v) is 17.2. The summed E-state index contributed by atoms with van der Waals surface area (Å²) in [5.74, 6) is -1.13. The average molecular weight is 377 g/mol. The van der Waals surface area contributed by atoms with E-state index in [0.29, 0.717) is 11.3 Å². The number of carbonyl (C=O) groups excluding carboxylic acids is 2. The maximum absolute atomic E-state index is 12.9. The standard InChI is InChI=1S/C23H27N3O2/c1-6-26(7-2)17-12-13-19(15(3)14-17)24-23(28)22(27)21-16(4)25(5)20-11-9-8-10-18(20)21/h8-14H,6-7H2,1-5H3,(H,24,28). The monoisotopic (exact) mass is 377 g/mol. The van der Waals surface area contributed by atoms with Crippen LogP contribution in [0.2, 0.25) is 0 Å². The van der Waals surface area contributed by atoms with Gasteiger partial charge in [-0.3, -0.25) is 9.59 Å². The maximum Gasteiger partial charge on any atom is 0.296 e. The average Bonchev–Trinajstić information content (AvgIpc) is 2.95. The van der Waals surface area contributed by atoms with Crippen LogP contribution < -0.4 is 10.2 Å². The van der Waals surface area contributed by atoms with Crippen molar-refractivity contribution in [3.05, 3.63) is 59.3 Å². The molecule has 5 nitrogen and oxygen atoms in total. The van der Waals surface area contributed by atoms with Gasteiger partial charge in [0.2, 0.25) is 0 Å². The normalized spacial score (nSPS) is 10.9. The molecule has 0 aliphatic rings. The Morgan fingerprint density at radius 2 is 1.71 bits per heavy atom. The summed E-state index contributed by atoms with van der Waals surface area (Å²) in [7, 11) is 1.91. The zero-order valence-electron chi connectivity index (χ0n) is 17.2. The SMILES string of the molecule is CCN(CC)c1ccc(NC(=O)C(=O)c2c(C)n(C)c3ccccc23)c(C)c1. The van der Waals surface area contributed by atoms with Crippen molar-refractivity contribution in [3.8, 4) is 0 Å². The quantitative estimate of drug-likeness (QED) is 0.510. The van der Waals surface area contributed by atoms with E-state index in [1.54, 1.807) is 0 Å². The number of nitrogens with one attached hydrogen (secondary N) is 1. The molecule has 1 heterocycles. The van der Waals surface area contributed by atoms with Crippen molar-refractivity contribution in [1.82, 2.24) is 4.57 Å². The van der Waals surface area contributed by atoms with E-state index in [-0.39, 0.29) is 0 Å². The predicted octanol–water partition coefficient (Wildman–Crippen LogP) is 4.46. The molecular formula is C23H27N3O2. The number of anilines is 2. The molecule has 1 aromatic heterocycles. The van der Waals surface area contributed by atoms with Gasteiger partial charge in [0, 0.05) is 48.1 Å². The predicted molar refractivity (Wildman–Crippen MR) is 115 cm³/mol. The molecule has 3 rings (SSSR count). The second-order valence-electron chi connectivity index (χ2n) is 6.99. The molecule has 5 heteroatoms. The second-order valence-corrected chi connectivity index (χ2v) is 6.99. The first-order chi connectivity index (χ1) is 13.4. The van der Waals surface area contributed by atoms with Crippen LogP contribution in [-0.4, -0.2) is 29.3 Å². The van der Waals surface area contributed by atoms with Gasteiger partial charge >= 0.3 is 0 Å². The van der Waals surface area contributed by atoms with Gasteiger partial charge in [0.25, 0.3) is 11.7 Å². The number of rotatable bonds is 6. The molecule has 0 radical (unpaired) electrons. The van der Waals surface area contributed by atoms with Gasteiger partial charge in [0.1, 0.15) is 0 Å². The number of carbonyl (C=O) groups is 2. The minimum absolute atomic E-state index is 0.466. The Bertz CT molecular complexity index is 1050. The minimum atomic E-state index is -0.613. The molecule has 1 amide bonds. The molecule has 1 N–H and O–H groups in total. The molecule has 2 aromatic carbocycles. The lowest BCUT2D eigenvalue weighted by Gasteiger charge is -2.22. The van der Waals surface area contributed by atoms with Crippen molar-refractivity contribution >= 4 is 34.0 Å². The third-order valence-electron chi connectivity index (χ3n) is 5.42. The molecule has 0 spiro atoms. The van der Waals surface area contributed by atoms with Crippen LogP contribution >= 0.6 is 0 Å². The third kappa shape index (κ3) is 3.40. The number of hydrogen-bond acceptors (Lipinski definition) is 3. The van der Waals surface area contributed by atoms with E-state index in [2.05, 4.69) is 24.1 Å². The summed E-state index contributed by atoms with van der Waals surface area (Å²) >= 11 is 0. The first-order valence-electron chi connectivity index (χ1n) is 9.64. The fourth-order valence-electron chi connectivity index (χ4n) is 3.67. The molecule has 146 valence electrons. The van der Waals surface area contributed by atoms with Gasteiger partial charge in [-0.2, -0.15) is 0 Å². The number of para-hydroxylation sites is 1. The fourth-order valence-corrected chi connectivity index (χ4v) is 3.67. The fraction of sp³-hybridized carbons (Fsp3) is 0.304. The molecular weight excluding hydrogens is 350 g/mol. The lowest BCUT2D eigenvalue weighted by Crippen LogP contribution is -2.24. The lowest BCUT2D eigenvalue weighted by atomic mass is 10.1. The molecule has 0 bridgehead atoms. The number of Topliss-reactive ketones (excluding diaryl/α,β-unsaturated/α-hetero) is 1. The number of hydrogen-bond donors (Lipinski definition) is 1. The van der Waals surface area contributed by atoms with Crippen LogP contribution in [0.25, 0.3) is 10.9 Å². The number of nitrogens with zero attached hydrogens (tertiary/aromatic N) is 2. The van der Waals surface area contributed by atoms with Gasteiger partial charge in [-0.15, -0.1) is 0 Å². The van der Waals surface area contributed by atoms with Crippen molar-refractivity contribution in [2.75, 3.05) is 23.3 Å². The number of benzene rings is 2. The van der Waals surface area contributed by atoms with Gasteiger partial charge in [-0.1, -0.05) is 18.2 Å². The van der Waals surface area contributed by atoms with Gasteiger partial charge in [0.05, 0.1) is 5.56 Å². The summed E-state index contributed by atoms with van der Waals surface area (Å²) in [6.45, 7) is 9.86. The summed E-state index contributed by atoms with van der Waals surface area (Å²) in [4.78, 5) is 27.9. The van der Waals surface area contributed by atoms with Crippen molar-refractivity contribution < 1.29 is 9.59 Å². The van der Waals surface area contributed by atoms with Crippen molar-refractivity contribution in [2.24, 2.45) is 7.05 Å². The van der Waals surface area contributed by atoms with Crippen molar-refractivity contribution in [1.29, 1.82) is 0 Å². The van der Waals surface area contributed by atoms with Crippen LogP contribution in [0.5, 0.6) is 0 Å². The van der Waals surface area contributed by atoms with Crippen LogP contribution in [0.15, 0.2) is 42.5 Å². The van der Waals surface area contributed by atoms with Gasteiger partial charge in [-0.25, -0.2) is 0 Å². The van der Waals surface area contributed by atoms with Gasteiger partial charge in [-0.05, 0) is 57.5 Å². The zero-order chi connectivity index (χ0) is 20.4. The molecule has 0 aliphatic heterocycles. The summed E-state index contributed by atoms with van der Waals surface area (Å²) < 4.78 is 1.94. The van der Waals surface area contributed by atoms with E-state index < -0.39 is 11.7 Å². The Labute approximate surface area is 166 Å². The summed E-state index contributed by atoms with van der Waals surface area (Å²) in [6.07, 6.45) is 0. The molecule has 28 heavy (non-hydrogen) atoms. The number of amides is 1. The van der Waals surface area contributed by atoms with E-state index >= 15 is 0 Å². The van der Waals surface area contributed by atoms with E-state index in [0.717, 1.165) is 40.9 Å². The van der Waals surface area contributed by atoms with E-state index in [1.165, 1.54) is 0 Å². The molecule has 0 atom stereocenters. The molecule has 0 fully saturated rings. The maximum atomic E-state index is 12.9. The number of fused-ring (bicyclic) bond motifs is 1. The van der Waals surface area contributed by atoms with E-state index in [1.807, 2.05) is 67.9 Å². The highest BCUT2D eigenvalue weighted by Crippen LogP contribution is 2.26. The highest BCUT2D eigenvalue weighted by Gasteiger charge is 2.24. The molecule has 0 aliphatic carbocycles. The van der Waals surface area contributed by atoms with Gasteiger partial charge in [0.15, 0.2) is 0 Å². The molecule has 0 unspecified atom stereocenters. The molecule has 3 aromatic rings. The summed E-state index contributed by atoms with van der Waals surface area (Å²) in [6, 6.07) is 13.5. The van der Waals surface area contributed by atoms with Crippen LogP contribution in [0.3, 0.4) is 0 Å². The van der Waals surface area contributed by atoms with Crippen LogP contribution in [0.4, 0.5) is 11.4 Å². The van der Waals surface area contributed by atoms with Gasteiger partial charge < -0.3 is 14.8 Å². The van der Waals surface area contributed by atoms with Crippen LogP contribution in [-0.2, 0) is 11.8 Å². The molecule has 0 saturated carbocycles. The second kappa shape index (κ2) is 7.89. The van der Waals surface area contributed by atoms with E-state index in [9.17, 15) is 9.59 Å². The number of aromatic nitrogens is 1. The van der Waals surface area contributed by atoms with Crippen LogP contribution in [0, 0.1) is 13.8 Å². The largest absolute Gasteiger partial charge is 0.372 e. The summed E-state index contributed by atoms with van der Waals surface area (Å²) in [5, 5.41) is 3.60. The van der Waals surface area contributed by atoms with E-state index in [4.69, 9.17) is 0 Å². The lowest BCUT2D eigenvalue weighted by molar-refractivity contribution is -0.112. The third-order valence-corrected chi connectivity index (χ3v) is 5.42. The Kier molecular flexibility index (Phi) is 5.54. The summed E-state index contributed by atoms with van der Waals surface area (Å²) in [5.41, 5.74) is 4.89. The first-order valence-corrected chi connectivity index (χ1v) is 9.64. The molecule has 0 saturated heterocycles. The highest BCUT2D eigenvalue weighted by atomic mass is 16.2. The Balaban J connectivity index is 1.88. The topological polar surface area (TPSA) is 54.3 Å². The number of ketones is 1. The highest BCUT2D eigenvalue weighted by molar-refractivity contribution is 6.48. The van der Waals surface area contributed by atoms with Crippen LogP contribution in [0.1, 0.15) is 35.5 Å². The first kappa shape index (κ1) is 19.7. The minimum Gasteiger partial charge on any atom is -0.372 e. The van der Waals surface area contributed by atoms with Crippen molar-refractivity contribution in [3.63, 3.8) is 0 Å². The Morgan fingerprint density at radius 3 is 2.36 bits per heavy atom. The number of aryl methyl sites for hydroxylation is 2. The smallest absolute Gasteiger partial charge is 0.296 e. The Hall–Kier alpha value is -3.08. The Morgan fingerprint density at radius 1 is 1.04 bits per heavy atom. The van der Waals surface area contributed by atoms with Crippen molar-refractivity contribution in [2.45, 2.75) is 27.7 Å².